The minimum atomic E-state index is -0.599. The van der Waals surface area contributed by atoms with E-state index in [0.717, 1.165) is 30.9 Å². The van der Waals surface area contributed by atoms with Crippen LogP contribution in [0.3, 0.4) is 0 Å². The molecule has 0 spiro atoms. The summed E-state index contributed by atoms with van der Waals surface area (Å²) in [5.74, 6) is -0.189. The van der Waals surface area contributed by atoms with Gasteiger partial charge in [0.15, 0.2) is 0 Å². The maximum atomic E-state index is 12.5. The summed E-state index contributed by atoms with van der Waals surface area (Å²) in [4.78, 5) is 26.4. The Morgan fingerprint density at radius 3 is 2.78 bits per heavy atom. The van der Waals surface area contributed by atoms with E-state index in [4.69, 9.17) is 9.47 Å². The number of benzene rings is 1. The van der Waals surface area contributed by atoms with Gasteiger partial charge < -0.3 is 19.7 Å². The van der Waals surface area contributed by atoms with E-state index < -0.39 is 5.92 Å². The molecule has 23 heavy (non-hydrogen) atoms. The average molecular weight is 318 g/mol. The van der Waals surface area contributed by atoms with Crippen molar-refractivity contribution in [3.05, 3.63) is 24.3 Å². The molecule has 6 heteroatoms. The zero-order valence-corrected chi connectivity index (χ0v) is 13.3. The molecule has 1 aromatic rings. The molecule has 0 unspecified atom stereocenters. The number of carbonyl (C=O) groups is 2. The highest BCUT2D eigenvalue weighted by atomic mass is 16.5. The first kappa shape index (κ1) is 15.8. The van der Waals surface area contributed by atoms with Crippen LogP contribution >= 0.6 is 0 Å². The summed E-state index contributed by atoms with van der Waals surface area (Å²) in [5, 5.41) is 2.86. The number of ether oxygens (including phenoxy) is 2. The van der Waals surface area contributed by atoms with Crippen LogP contribution in [0.4, 0.5) is 5.69 Å². The third-order valence-electron chi connectivity index (χ3n) is 4.43. The van der Waals surface area contributed by atoms with Crippen molar-refractivity contribution in [3.8, 4) is 5.75 Å². The number of hydrogen-bond acceptors (Lipinski definition) is 4. The molecule has 124 valence electrons. The van der Waals surface area contributed by atoms with Gasteiger partial charge in [-0.05, 0) is 43.5 Å². The molecule has 2 amide bonds. The number of carbonyl (C=O) groups excluding carboxylic acids is 2. The standard InChI is InChI=1S/C17H22N2O4/c1-22-13-6-4-12(5-7-13)19-9-8-15(17(19)21)16(20)18-11-14-3-2-10-23-14/h4-7,14-15H,2-3,8-11H2,1H3,(H,18,20)/t14-,15+/m0/s1. The maximum absolute atomic E-state index is 12.5. The molecular weight excluding hydrogens is 296 g/mol. The highest BCUT2D eigenvalue weighted by Crippen LogP contribution is 2.27. The minimum absolute atomic E-state index is 0.0909. The lowest BCUT2D eigenvalue weighted by Crippen LogP contribution is -2.39. The quantitative estimate of drug-likeness (QED) is 0.832. The lowest BCUT2D eigenvalue weighted by Gasteiger charge is -2.17. The van der Waals surface area contributed by atoms with Gasteiger partial charge in [0.05, 0.1) is 13.2 Å². The van der Waals surface area contributed by atoms with Crippen LogP contribution in [0.1, 0.15) is 19.3 Å². The SMILES string of the molecule is COc1ccc(N2CC[C@H](C(=O)NC[C@@H]3CCCO3)C2=O)cc1. The highest BCUT2D eigenvalue weighted by Gasteiger charge is 2.37. The molecule has 2 aliphatic heterocycles. The number of hydrogen-bond donors (Lipinski definition) is 1. The zero-order valence-electron chi connectivity index (χ0n) is 13.3. The van der Waals surface area contributed by atoms with Gasteiger partial charge in [-0.2, -0.15) is 0 Å². The summed E-state index contributed by atoms with van der Waals surface area (Å²) in [5.41, 5.74) is 0.797. The van der Waals surface area contributed by atoms with Crippen LogP contribution in [-0.4, -0.2) is 44.7 Å². The Hall–Kier alpha value is -2.08. The Bertz CT molecular complexity index is 566. The molecule has 1 N–H and O–H groups in total. The van der Waals surface area contributed by atoms with Gasteiger partial charge in [-0.3, -0.25) is 9.59 Å². The van der Waals surface area contributed by atoms with Crippen molar-refractivity contribution in [2.45, 2.75) is 25.4 Å². The van der Waals surface area contributed by atoms with E-state index >= 15 is 0 Å². The summed E-state index contributed by atoms with van der Waals surface area (Å²) in [6.45, 7) is 1.81. The van der Waals surface area contributed by atoms with Crippen LogP contribution in [0, 0.1) is 5.92 Å². The van der Waals surface area contributed by atoms with Gasteiger partial charge in [0.1, 0.15) is 11.7 Å². The molecule has 2 saturated heterocycles. The van der Waals surface area contributed by atoms with Gasteiger partial charge in [-0.25, -0.2) is 0 Å². The largest absolute Gasteiger partial charge is 0.497 e. The third-order valence-corrected chi connectivity index (χ3v) is 4.43. The monoisotopic (exact) mass is 318 g/mol. The highest BCUT2D eigenvalue weighted by molar-refractivity contribution is 6.09. The second-order valence-electron chi connectivity index (χ2n) is 5.91. The minimum Gasteiger partial charge on any atom is -0.497 e. The molecule has 2 heterocycles. The van der Waals surface area contributed by atoms with Gasteiger partial charge in [-0.1, -0.05) is 0 Å². The lowest BCUT2D eigenvalue weighted by molar-refractivity contribution is -0.132. The topological polar surface area (TPSA) is 67.9 Å². The van der Waals surface area contributed by atoms with Crippen LogP contribution in [0.5, 0.6) is 5.75 Å². The predicted octanol–water partition coefficient (Wildman–Crippen LogP) is 1.34. The first-order valence-electron chi connectivity index (χ1n) is 8.04. The van der Waals surface area contributed by atoms with Crippen LogP contribution in [0.25, 0.3) is 0 Å². The summed E-state index contributed by atoms with van der Waals surface area (Å²) in [6, 6.07) is 7.30. The molecule has 2 atom stereocenters. The summed E-state index contributed by atoms with van der Waals surface area (Å²) >= 11 is 0. The second-order valence-corrected chi connectivity index (χ2v) is 5.91. The number of nitrogens with one attached hydrogen (secondary N) is 1. The van der Waals surface area contributed by atoms with Crippen LogP contribution in [0.15, 0.2) is 24.3 Å². The first-order chi connectivity index (χ1) is 11.2. The van der Waals surface area contributed by atoms with Crippen molar-refractivity contribution in [2.24, 2.45) is 5.92 Å². The Kier molecular flexibility index (Phi) is 4.81. The van der Waals surface area contributed by atoms with Crippen molar-refractivity contribution in [1.29, 1.82) is 0 Å². The Balaban J connectivity index is 1.57. The molecule has 0 saturated carbocycles. The maximum Gasteiger partial charge on any atom is 0.239 e. The molecule has 0 aromatic heterocycles. The van der Waals surface area contributed by atoms with E-state index in [0.29, 0.717) is 19.5 Å². The van der Waals surface area contributed by atoms with Crippen molar-refractivity contribution in [2.75, 3.05) is 31.7 Å². The number of anilines is 1. The normalized spacial score (nSPS) is 24.0. The molecule has 6 nitrogen and oxygen atoms in total. The van der Waals surface area contributed by atoms with Crippen LogP contribution < -0.4 is 15.0 Å². The van der Waals surface area contributed by atoms with Gasteiger partial charge in [-0.15, -0.1) is 0 Å². The molecule has 0 radical (unpaired) electrons. The average Bonchev–Trinajstić information content (AvgIpc) is 3.22. The fraction of sp³-hybridized carbons (Fsp3) is 0.529. The predicted molar refractivity (Wildman–Crippen MR) is 85.4 cm³/mol. The van der Waals surface area contributed by atoms with E-state index in [1.165, 1.54) is 0 Å². The Morgan fingerprint density at radius 1 is 1.35 bits per heavy atom. The number of amides is 2. The molecule has 2 fully saturated rings. The smallest absolute Gasteiger partial charge is 0.239 e. The van der Waals surface area contributed by atoms with E-state index in [1.54, 1.807) is 12.0 Å². The van der Waals surface area contributed by atoms with E-state index in [9.17, 15) is 9.59 Å². The lowest BCUT2D eigenvalue weighted by atomic mass is 10.1. The van der Waals surface area contributed by atoms with Gasteiger partial charge >= 0.3 is 0 Å². The fourth-order valence-corrected chi connectivity index (χ4v) is 3.08. The van der Waals surface area contributed by atoms with Gasteiger partial charge in [0.2, 0.25) is 11.8 Å². The molecule has 3 rings (SSSR count). The molecule has 0 bridgehead atoms. The molecule has 2 aliphatic rings. The van der Waals surface area contributed by atoms with Crippen LogP contribution in [0.2, 0.25) is 0 Å². The fourth-order valence-electron chi connectivity index (χ4n) is 3.08. The van der Waals surface area contributed by atoms with Gasteiger partial charge in [0.25, 0.3) is 0 Å². The summed E-state index contributed by atoms with van der Waals surface area (Å²) in [7, 11) is 1.60. The van der Waals surface area contributed by atoms with E-state index in [1.807, 2.05) is 24.3 Å². The van der Waals surface area contributed by atoms with Crippen molar-refractivity contribution in [3.63, 3.8) is 0 Å². The number of nitrogens with zero attached hydrogens (tertiary/aromatic N) is 1. The first-order valence-corrected chi connectivity index (χ1v) is 8.04. The van der Waals surface area contributed by atoms with Crippen molar-refractivity contribution in [1.82, 2.24) is 5.32 Å². The number of methoxy groups -OCH3 is 1. The summed E-state index contributed by atoms with van der Waals surface area (Å²) < 4.78 is 10.6. The third kappa shape index (κ3) is 3.47. The van der Waals surface area contributed by atoms with Crippen molar-refractivity contribution < 1.29 is 19.1 Å². The molecular formula is C17H22N2O4. The Morgan fingerprint density at radius 2 is 2.13 bits per heavy atom. The van der Waals surface area contributed by atoms with E-state index in [-0.39, 0.29) is 17.9 Å². The van der Waals surface area contributed by atoms with Crippen LogP contribution in [-0.2, 0) is 14.3 Å². The van der Waals surface area contributed by atoms with Crippen molar-refractivity contribution >= 4 is 17.5 Å². The second kappa shape index (κ2) is 7.00. The van der Waals surface area contributed by atoms with E-state index in [2.05, 4.69) is 5.32 Å². The number of rotatable bonds is 5. The molecule has 1 aromatic carbocycles. The van der Waals surface area contributed by atoms with Gasteiger partial charge in [0, 0.05) is 25.4 Å². The Labute approximate surface area is 135 Å². The summed E-state index contributed by atoms with van der Waals surface area (Å²) in [6.07, 6.45) is 2.64. The zero-order chi connectivity index (χ0) is 16.2. The molecule has 0 aliphatic carbocycles.